The third-order valence-corrected chi connectivity index (χ3v) is 4.61. The molecule has 0 atom stereocenters. The Morgan fingerprint density at radius 2 is 2.14 bits per heavy atom. The van der Waals surface area contributed by atoms with Crippen LogP contribution in [0.2, 0.25) is 0 Å². The molecule has 6 heteroatoms. The highest BCUT2D eigenvalue weighted by molar-refractivity contribution is 9.10. The van der Waals surface area contributed by atoms with Crippen LogP contribution in [0.3, 0.4) is 0 Å². The quantitative estimate of drug-likeness (QED) is 0.483. The van der Waals surface area contributed by atoms with Gasteiger partial charge < -0.3 is 10.2 Å². The third-order valence-electron chi connectivity index (χ3n) is 4.12. The minimum atomic E-state index is -0.319. The van der Waals surface area contributed by atoms with Gasteiger partial charge in [-0.25, -0.2) is 0 Å². The van der Waals surface area contributed by atoms with E-state index in [1.54, 1.807) is 12.1 Å². The predicted octanol–water partition coefficient (Wildman–Crippen LogP) is 3.18. The van der Waals surface area contributed by atoms with Gasteiger partial charge in [-0.1, -0.05) is 15.9 Å². The number of likely N-dealkylation sites (tertiary alicyclic amines) is 1. The van der Waals surface area contributed by atoms with Gasteiger partial charge >= 0.3 is 0 Å². The van der Waals surface area contributed by atoms with Crippen LogP contribution >= 0.6 is 15.9 Å². The highest BCUT2D eigenvalue weighted by atomic mass is 79.9. The van der Waals surface area contributed by atoms with Gasteiger partial charge in [-0.2, -0.15) is 0 Å². The second kappa shape index (κ2) is 7.87. The van der Waals surface area contributed by atoms with E-state index in [-0.39, 0.29) is 10.6 Å². The Kier molecular flexibility index (Phi) is 6.14. The summed E-state index contributed by atoms with van der Waals surface area (Å²) >= 11 is 3.37. The summed E-state index contributed by atoms with van der Waals surface area (Å²) in [5.41, 5.74) is 0.919. The molecule has 1 N–H and O–H groups in total. The van der Waals surface area contributed by atoms with Crippen molar-refractivity contribution < 1.29 is 4.92 Å². The number of halogens is 1. The van der Waals surface area contributed by atoms with Crippen LogP contribution < -0.4 is 5.32 Å². The van der Waals surface area contributed by atoms with Crippen molar-refractivity contribution in [2.45, 2.75) is 25.8 Å². The van der Waals surface area contributed by atoms with Crippen molar-refractivity contribution in [2.24, 2.45) is 5.92 Å². The fourth-order valence-corrected chi connectivity index (χ4v) is 3.16. The van der Waals surface area contributed by atoms with Crippen LogP contribution in [0, 0.1) is 16.0 Å². The van der Waals surface area contributed by atoms with Crippen molar-refractivity contribution in [3.05, 3.63) is 38.3 Å². The molecular formula is C15H22BrN3O2. The lowest BCUT2D eigenvalue weighted by molar-refractivity contribution is -0.385. The molecule has 1 saturated heterocycles. The standard InChI is InChI=1S/C15H22BrN3O2/c1-18-8-5-12(6-9-18)4-7-17-11-13-10-14(16)2-3-15(13)19(20)21/h2-3,10,12,17H,4-9,11H2,1H3. The first-order valence-electron chi connectivity index (χ1n) is 7.38. The normalized spacial score (nSPS) is 17.0. The van der Waals surface area contributed by atoms with Crippen molar-refractivity contribution in [1.29, 1.82) is 0 Å². The second-order valence-corrected chi connectivity index (χ2v) is 6.66. The summed E-state index contributed by atoms with van der Waals surface area (Å²) in [6.45, 7) is 3.82. The smallest absolute Gasteiger partial charge is 0.273 e. The number of rotatable bonds is 6. The molecule has 5 nitrogen and oxygen atoms in total. The van der Waals surface area contributed by atoms with E-state index < -0.39 is 0 Å². The average molecular weight is 356 g/mol. The molecule has 0 radical (unpaired) electrons. The van der Waals surface area contributed by atoms with Gasteiger partial charge in [-0.15, -0.1) is 0 Å². The lowest BCUT2D eigenvalue weighted by Crippen LogP contribution is -2.31. The molecule has 1 aromatic rings. The monoisotopic (exact) mass is 355 g/mol. The fraction of sp³-hybridized carbons (Fsp3) is 0.600. The Balaban J connectivity index is 1.78. The number of benzene rings is 1. The lowest BCUT2D eigenvalue weighted by Gasteiger charge is -2.28. The molecule has 0 spiro atoms. The van der Waals surface area contributed by atoms with Gasteiger partial charge in [0.2, 0.25) is 0 Å². The maximum Gasteiger partial charge on any atom is 0.273 e. The van der Waals surface area contributed by atoms with Crippen LogP contribution in [-0.2, 0) is 6.54 Å². The van der Waals surface area contributed by atoms with E-state index >= 15 is 0 Å². The Morgan fingerprint density at radius 1 is 1.43 bits per heavy atom. The summed E-state index contributed by atoms with van der Waals surface area (Å²) in [7, 11) is 2.17. The highest BCUT2D eigenvalue weighted by Gasteiger charge is 2.17. The molecule has 0 aliphatic carbocycles. The molecule has 2 rings (SSSR count). The molecule has 1 aliphatic heterocycles. The van der Waals surface area contributed by atoms with Crippen LogP contribution in [0.25, 0.3) is 0 Å². The summed E-state index contributed by atoms with van der Waals surface area (Å²) in [6.07, 6.45) is 3.67. The minimum Gasteiger partial charge on any atom is -0.312 e. The van der Waals surface area contributed by atoms with Crippen molar-refractivity contribution >= 4 is 21.6 Å². The SMILES string of the molecule is CN1CCC(CCNCc2cc(Br)ccc2[N+](=O)[O-])CC1. The number of nitrogens with zero attached hydrogens (tertiary/aromatic N) is 2. The van der Waals surface area contributed by atoms with Gasteiger partial charge in [0.25, 0.3) is 5.69 Å². The molecule has 1 aromatic carbocycles. The fourth-order valence-electron chi connectivity index (χ4n) is 2.75. The van der Waals surface area contributed by atoms with E-state index in [0.717, 1.165) is 28.9 Å². The van der Waals surface area contributed by atoms with Crippen molar-refractivity contribution in [2.75, 3.05) is 26.7 Å². The Labute approximate surface area is 134 Å². The average Bonchev–Trinajstić information content (AvgIpc) is 2.45. The summed E-state index contributed by atoms with van der Waals surface area (Å²) < 4.78 is 0.875. The topological polar surface area (TPSA) is 58.4 Å². The first-order valence-corrected chi connectivity index (χ1v) is 8.17. The van der Waals surface area contributed by atoms with Crippen molar-refractivity contribution in [3.8, 4) is 0 Å². The molecule has 1 heterocycles. The Hall–Kier alpha value is -0.980. The van der Waals surface area contributed by atoms with Crippen LogP contribution in [0.4, 0.5) is 5.69 Å². The lowest BCUT2D eigenvalue weighted by atomic mass is 9.94. The molecule has 1 fully saturated rings. The van der Waals surface area contributed by atoms with Gasteiger partial charge in [-0.3, -0.25) is 10.1 Å². The Bertz CT molecular complexity index is 488. The summed E-state index contributed by atoms with van der Waals surface area (Å²) in [6, 6.07) is 5.08. The summed E-state index contributed by atoms with van der Waals surface area (Å²) in [5, 5.41) is 14.3. The highest BCUT2D eigenvalue weighted by Crippen LogP contribution is 2.23. The summed E-state index contributed by atoms with van der Waals surface area (Å²) in [4.78, 5) is 13.1. The Morgan fingerprint density at radius 3 is 2.81 bits per heavy atom. The van der Waals surface area contributed by atoms with E-state index in [1.807, 2.05) is 6.07 Å². The number of nitro benzene ring substituents is 1. The van der Waals surface area contributed by atoms with Crippen molar-refractivity contribution in [3.63, 3.8) is 0 Å². The molecular weight excluding hydrogens is 334 g/mol. The number of nitro groups is 1. The summed E-state index contributed by atoms with van der Waals surface area (Å²) in [5.74, 6) is 0.784. The number of hydrogen-bond donors (Lipinski definition) is 1. The molecule has 0 unspecified atom stereocenters. The van der Waals surface area contributed by atoms with Crippen LogP contribution in [0.5, 0.6) is 0 Å². The third kappa shape index (κ3) is 5.05. The zero-order valence-corrected chi connectivity index (χ0v) is 13.9. The predicted molar refractivity (Wildman–Crippen MR) is 87.3 cm³/mol. The minimum absolute atomic E-state index is 0.185. The van der Waals surface area contributed by atoms with Gasteiger partial charge in [0, 0.05) is 22.6 Å². The van der Waals surface area contributed by atoms with Crippen LogP contribution in [-0.4, -0.2) is 36.5 Å². The first-order chi connectivity index (χ1) is 10.1. The van der Waals surface area contributed by atoms with E-state index in [0.29, 0.717) is 6.54 Å². The molecule has 0 amide bonds. The van der Waals surface area contributed by atoms with E-state index in [9.17, 15) is 10.1 Å². The second-order valence-electron chi connectivity index (χ2n) is 5.74. The number of piperidine rings is 1. The molecule has 21 heavy (non-hydrogen) atoms. The molecule has 116 valence electrons. The van der Waals surface area contributed by atoms with Crippen LogP contribution in [0.1, 0.15) is 24.8 Å². The zero-order valence-electron chi connectivity index (χ0n) is 12.3. The van der Waals surface area contributed by atoms with Gasteiger partial charge in [0.05, 0.1) is 4.92 Å². The molecule has 0 aromatic heterocycles. The maximum absolute atomic E-state index is 11.0. The largest absolute Gasteiger partial charge is 0.312 e. The van der Waals surface area contributed by atoms with Gasteiger partial charge in [-0.05, 0) is 64.0 Å². The van der Waals surface area contributed by atoms with Crippen molar-refractivity contribution in [1.82, 2.24) is 10.2 Å². The molecule has 0 saturated carbocycles. The first kappa shape index (κ1) is 16.4. The molecule has 1 aliphatic rings. The van der Waals surface area contributed by atoms with Gasteiger partial charge in [0.15, 0.2) is 0 Å². The number of hydrogen-bond acceptors (Lipinski definition) is 4. The van der Waals surface area contributed by atoms with Gasteiger partial charge in [0.1, 0.15) is 0 Å². The van der Waals surface area contributed by atoms with E-state index in [1.165, 1.54) is 25.9 Å². The maximum atomic E-state index is 11.0. The zero-order chi connectivity index (χ0) is 15.2. The van der Waals surface area contributed by atoms with Crippen LogP contribution in [0.15, 0.2) is 22.7 Å². The number of nitrogens with one attached hydrogen (secondary N) is 1. The van der Waals surface area contributed by atoms with E-state index in [4.69, 9.17) is 0 Å². The molecule has 0 bridgehead atoms. The van der Waals surface area contributed by atoms with E-state index in [2.05, 4.69) is 33.2 Å².